The molecule has 0 amide bonds. The summed E-state index contributed by atoms with van der Waals surface area (Å²) in [6.07, 6.45) is 6.19. The molecule has 1 aliphatic carbocycles. The van der Waals surface area contributed by atoms with E-state index in [1.54, 1.807) is 0 Å². The maximum absolute atomic E-state index is 3.43. The van der Waals surface area contributed by atoms with E-state index in [4.69, 9.17) is 0 Å². The zero-order valence-corrected chi connectivity index (χ0v) is 11.0. The van der Waals surface area contributed by atoms with E-state index in [1.807, 2.05) is 0 Å². The van der Waals surface area contributed by atoms with Gasteiger partial charge in [-0.25, -0.2) is 0 Å². The van der Waals surface area contributed by atoms with Crippen LogP contribution in [0.25, 0.3) is 11.1 Å². The maximum atomic E-state index is 3.43. The summed E-state index contributed by atoms with van der Waals surface area (Å²) in [5.74, 6) is 0. The Morgan fingerprint density at radius 1 is 1.11 bits per heavy atom. The first-order valence-corrected chi connectivity index (χ1v) is 7.01. The second-order valence-electron chi connectivity index (χ2n) is 5.15. The smallest absolute Gasteiger partial charge is 0.000718 e. The highest BCUT2D eigenvalue weighted by atomic mass is 14.2. The van der Waals surface area contributed by atoms with Crippen molar-refractivity contribution >= 4 is 0 Å². The molecule has 0 heteroatoms. The van der Waals surface area contributed by atoms with Gasteiger partial charge in [0.15, 0.2) is 0 Å². The van der Waals surface area contributed by atoms with Crippen LogP contribution in [0.2, 0.25) is 0 Å². The topological polar surface area (TPSA) is 0 Å². The van der Waals surface area contributed by atoms with Crippen LogP contribution in [-0.2, 0) is 12.8 Å². The van der Waals surface area contributed by atoms with Crippen LogP contribution in [-0.4, -0.2) is 0 Å². The Bertz CT molecular complexity index is 552. The molecule has 0 nitrogen and oxygen atoms in total. The third kappa shape index (κ3) is 1.96. The molecule has 0 saturated heterocycles. The van der Waals surface area contributed by atoms with E-state index in [2.05, 4.69) is 49.4 Å². The molecular weight excluding hydrogens is 216 g/mol. The highest BCUT2D eigenvalue weighted by molar-refractivity contribution is 5.79. The summed E-state index contributed by atoms with van der Waals surface area (Å²) in [5.41, 5.74) is 7.29. The van der Waals surface area contributed by atoms with Crippen LogP contribution < -0.4 is 0 Å². The van der Waals surface area contributed by atoms with Crippen molar-refractivity contribution in [1.29, 1.82) is 0 Å². The summed E-state index contributed by atoms with van der Waals surface area (Å²) >= 11 is 0. The highest BCUT2D eigenvalue weighted by Crippen LogP contribution is 2.38. The normalized spacial score (nSPS) is 12.3. The second kappa shape index (κ2) is 4.97. The molecule has 2 aromatic carbocycles. The fourth-order valence-electron chi connectivity index (χ4n) is 2.95. The first-order chi connectivity index (χ1) is 8.90. The zero-order valence-electron chi connectivity index (χ0n) is 11.0. The van der Waals surface area contributed by atoms with Gasteiger partial charge in [-0.2, -0.15) is 0 Å². The fourth-order valence-corrected chi connectivity index (χ4v) is 2.95. The van der Waals surface area contributed by atoms with Crippen LogP contribution >= 0.6 is 0 Å². The molecule has 0 saturated carbocycles. The van der Waals surface area contributed by atoms with Crippen LogP contribution in [0.5, 0.6) is 0 Å². The van der Waals surface area contributed by atoms with E-state index in [-0.39, 0.29) is 0 Å². The molecule has 0 bridgehead atoms. The van der Waals surface area contributed by atoms with E-state index in [0.717, 1.165) is 6.42 Å². The van der Waals surface area contributed by atoms with Crippen molar-refractivity contribution in [3.8, 4) is 11.1 Å². The van der Waals surface area contributed by atoms with E-state index in [0.29, 0.717) is 0 Å². The number of unbranched alkanes of at least 4 members (excludes halogenated alkanes) is 2. The Morgan fingerprint density at radius 3 is 2.89 bits per heavy atom. The average molecular weight is 235 g/mol. The van der Waals surface area contributed by atoms with Crippen LogP contribution in [0.4, 0.5) is 0 Å². The molecule has 0 aromatic heterocycles. The van der Waals surface area contributed by atoms with Crippen molar-refractivity contribution in [3.63, 3.8) is 0 Å². The van der Waals surface area contributed by atoms with Crippen LogP contribution in [0, 0.1) is 6.07 Å². The highest BCUT2D eigenvalue weighted by Gasteiger charge is 2.20. The van der Waals surface area contributed by atoms with Crippen LogP contribution in [0.1, 0.15) is 42.9 Å². The number of hydrogen-bond donors (Lipinski definition) is 0. The van der Waals surface area contributed by atoms with Crippen molar-refractivity contribution in [2.75, 3.05) is 0 Å². The zero-order chi connectivity index (χ0) is 12.4. The number of benzene rings is 2. The fraction of sp³-hybridized carbons (Fsp3) is 0.333. The Morgan fingerprint density at radius 2 is 2.00 bits per heavy atom. The molecule has 0 fully saturated rings. The Balaban J connectivity index is 1.98. The molecule has 0 N–H and O–H groups in total. The van der Waals surface area contributed by atoms with Gasteiger partial charge in [-0.05, 0) is 53.1 Å². The predicted octanol–water partition coefficient (Wildman–Crippen LogP) is 4.79. The summed E-state index contributed by atoms with van der Waals surface area (Å²) in [7, 11) is 0. The standard InChI is InChI=1S/C18H19/c1-2-3-4-8-14-10-7-11-16-13-15-9-5-6-12-17(15)18(14)16/h5-7,9-10,12H,2-4,8,13H2,1H3. The van der Waals surface area contributed by atoms with Gasteiger partial charge in [0.2, 0.25) is 0 Å². The van der Waals surface area contributed by atoms with E-state index < -0.39 is 0 Å². The monoisotopic (exact) mass is 235 g/mol. The molecule has 0 atom stereocenters. The molecule has 0 spiro atoms. The third-order valence-corrected chi connectivity index (χ3v) is 3.87. The average Bonchev–Trinajstić information content (AvgIpc) is 2.78. The van der Waals surface area contributed by atoms with Gasteiger partial charge < -0.3 is 0 Å². The summed E-state index contributed by atoms with van der Waals surface area (Å²) < 4.78 is 0. The van der Waals surface area contributed by atoms with E-state index in [9.17, 15) is 0 Å². The second-order valence-corrected chi connectivity index (χ2v) is 5.15. The van der Waals surface area contributed by atoms with E-state index >= 15 is 0 Å². The summed E-state index contributed by atoms with van der Waals surface area (Å²) in [5, 5.41) is 0. The van der Waals surface area contributed by atoms with Crippen molar-refractivity contribution < 1.29 is 0 Å². The van der Waals surface area contributed by atoms with Crippen molar-refractivity contribution in [2.45, 2.75) is 39.0 Å². The van der Waals surface area contributed by atoms with E-state index in [1.165, 1.54) is 53.5 Å². The minimum absolute atomic E-state index is 1.06. The number of fused-ring (bicyclic) bond motifs is 3. The number of hydrogen-bond acceptors (Lipinski definition) is 0. The molecule has 18 heavy (non-hydrogen) atoms. The maximum Gasteiger partial charge on any atom is -0.000718 e. The van der Waals surface area contributed by atoms with Gasteiger partial charge in [0.25, 0.3) is 0 Å². The summed E-state index contributed by atoms with van der Waals surface area (Å²) in [6, 6.07) is 16.6. The van der Waals surface area contributed by atoms with Gasteiger partial charge in [0.1, 0.15) is 0 Å². The van der Waals surface area contributed by atoms with Gasteiger partial charge in [0, 0.05) is 0 Å². The number of rotatable bonds is 4. The summed E-state index contributed by atoms with van der Waals surface area (Å²) in [6.45, 7) is 2.26. The lowest BCUT2D eigenvalue weighted by Crippen LogP contribution is -1.91. The lowest BCUT2D eigenvalue weighted by molar-refractivity contribution is 0.718. The third-order valence-electron chi connectivity index (χ3n) is 3.87. The predicted molar refractivity (Wildman–Crippen MR) is 76.7 cm³/mol. The Kier molecular flexibility index (Phi) is 3.19. The minimum atomic E-state index is 1.06. The van der Waals surface area contributed by atoms with Gasteiger partial charge >= 0.3 is 0 Å². The molecule has 3 rings (SSSR count). The molecule has 1 radical (unpaired) electrons. The molecule has 0 aliphatic heterocycles. The quantitative estimate of drug-likeness (QED) is 0.570. The lowest BCUT2D eigenvalue weighted by Gasteiger charge is -2.09. The van der Waals surface area contributed by atoms with Crippen molar-refractivity contribution in [3.05, 3.63) is 59.2 Å². The Hall–Kier alpha value is -1.56. The van der Waals surface area contributed by atoms with Gasteiger partial charge in [-0.1, -0.05) is 56.2 Å². The molecule has 0 heterocycles. The molecule has 1 aliphatic rings. The Labute approximate surface area is 110 Å². The molecule has 91 valence electrons. The lowest BCUT2D eigenvalue weighted by atomic mass is 9.96. The van der Waals surface area contributed by atoms with Crippen molar-refractivity contribution in [1.82, 2.24) is 0 Å². The van der Waals surface area contributed by atoms with Crippen LogP contribution in [0.3, 0.4) is 0 Å². The van der Waals surface area contributed by atoms with Crippen LogP contribution in [0.15, 0.2) is 36.4 Å². The molecule has 2 aromatic rings. The van der Waals surface area contributed by atoms with Gasteiger partial charge in [0.05, 0.1) is 0 Å². The SMILES string of the molecule is CCCCCc1cc[c]c2c1-c1ccccc1C2. The first-order valence-electron chi connectivity index (χ1n) is 7.01. The molecular formula is C18H19. The minimum Gasteiger partial charge on any atom is -0.0654 e. The number of aryl methyl sites for hydroxylation is 1. The van der Waals surface area contributed by atoms with Gasteiger partial charge in [-0.15, -0.1) is 0 Å². The largest absolute Gasteiger partial charge is 0.0654 e. The first kappa shape index (κ1) is 11.5. The molecule has 0 unspecified atom stereocenters. The summed E-state index contributed by atoms with van der Waals surface area (Å²) in [4.78, 5) is 0. The van der Waals surface area contributed by atoms with Crippen molar-refractivity contribution in [2.24, 2.45) is 0 Å². The van der Waals surface area contributed by atoms with Gasteiger partial charge in [-0.3, -0.25) is 0 Å².